The third kappa shape index (κ3) is 4.35. The monoisotopic (exact) mass is 460 g/mol. The second-order valence-corrected chi connectivity index (χ2v) is 9.18. The number of amides is 1. The molecule has 2 N–H and O–H groups in total. The summed E-state index contributed by atoms with van der Waals surface area (Å²) in [7, 11) is 5.99. The topological polar surface area (TPSA) is 99.2 Å². The third-order valence-electron chi connectivity index (χ3n) is 5.74. The van der Waals surface area contributed by atoms with Gasteiger partial charge in [-0.1, -0.05) is 11.3 Å². The fourth-order valence-electron chi connectivity index (χ4n) is 3.64. The fourth-order valence-corrected chi connectivity index (χ4v) is 4.38. The first-order chi connectivity index (χ1) is 16.0. The average molecular weight is 461 g/mol. The predicted octanol–water partition coefficient (Wildman–Crippen LogP) is 3.19. The number of thiazole rings is 1. The number of carbonyl (C=O) groups excluding carboxylic acids is 1. The number of hydrogen-bond acceptors (Lipinski definition) is 9. The summed E-state index contributed by atoms with van der Waals surface area (Å²) < 4.78 is 0. The zero-order chi connectivity index (χ0) is 22.9. The van der Waals surface area contributed by atoms with Crippen molar-refractivity contribution in [1.29, 1.82) is 0 Å². The van der Waals surface area contributed by atoms with Crippen LogP contribution in [0.15, 0.2) is 49.1 Å². The Hall–Kier alpha value is -3.63. The van der Waals surface area contributed by atoms with Crippen molar-refractivity contribution in [2.24, 2.45) is 0 Å². The zero-order valence-corrected chi connectivity index (χ0v) is 19.4. The van der Waals surface area contributed by atoms with Gasteiger partial charge in [0.05, 0.1) is 10.6 Å². The highest BCUT2D eigenvalue weighted by Crippen LogP contribution is 2.29. The number of aromatic nitrogens is 4. The van der Waals surface area contributed by atoms with E-state index < -0.39 is 0 Å². The molecule has 4 aromatic rings. The van der Waals surface area contributed by atoms with Crippen LogP contribution in [0.2, 0.25) is 0 Å². The van der Waals surface area contributed by atoms with Crippen LogP contribution >= 0.6 is 11.3 Å². The smallest absolute Gasteiger partial charge is 0.257 e. The number of fused-ring (bicyclic) bond motifs is 1. The number of nitrogens with zero attached hydrogens (tertiary/aromatic N) is 6. The van der Waals surface area contributed by atoms with Gasteiger partial charge in [0.15, 0.2) is 5.13 Å². The highest BCUT2D eigenvalue weighted by Gasteiger charge is 2.29. The summed E-state index contributed by atoms with van der Waals surface area (Å²) in [5, 5.41) is 8.62. The maximum Gasteiger partial charge on any atom is 0.257 e. The Morgan fingerprint density at radius 2 is 1.88 bits per heavy atom. The Labute approximate surface area is 195 Å². The molecule has 0 unspecified atom stereocenters. The molecular formula is C23H24N8OS. The van der Waals surface area contributed by atoms with Gasteiger partial charge in [0, 0.05) is 61.9 Å². The lowest BCUT2D eigenvalue weighted by Crippen LogP contribution is -2.57. The van der Waals surface area contributed by atoms with E-state index in [0.717, 1.165) is 45.4 Å². The van der Waals surface area contributed by atoms with Crippen LogP contribution in [0.3, 0.4) is 0 Å². The second kappa shape index (κ2) is 8.72. The molecule has 5 heterocycles. The van der Waals surface area contributed by atoms with Gasteiger partial charge in [-0.05, 0) is 43.7 Å². The van der Waals surface area contributed by atoms with E-state index in [1.165, 1.54) is 11.3 Å². The zero-order valence-electron chi connectivity index (χ0n) is 18.6. The minimum atomic E-state index is -0.217. The van der Waals surface area contributed by atoms with Gasteiger partial charge in [-0.25, -0.2) is 15.0 Å². The van der Waals surface area contributed by atoms with Gasteiger partial charge in [-0.3, -0.25) is 9.78 Å². The molecular weight excluding hydrogens is 436 g/mol. The van der Waals surface area contributed by atoms with Crippen molar-refractivity contribution in [3.05, 3.63) is 54.6 Å². The first kappa shape index (κ1) is 21.2. The van der Waals surface area contributed by atoms with Crippen LogP contribution in [0.5, 0.6) is 0 Å². The van der Waals surface area contributed by atoms with Crippen molar-refractivity contribution in [3.63, 3.8) is 0 Å². The molecule has 4 aromatic heterocycles. The van der Waals surface area contributed by atoms with E-state index in [0.29, 0.717) is 17.4 Å². The lowest BCUT2D eigenvalue weighted by atomic mass is 10.1. The lowest BCUT2D eigenvalue weighted by molar-refractivity contribution is 0.102. The van der Waals surface area contributed by atoms with E-state index >= 15 is 0 Å². The SMILES string of the molecule is CNc1ncc(-c2cc3cc(NC(=O)c4ccnc(N5CC(N(C)C)C5)c4)ncc3cn2)s1. The normalized spacial score (nSPS) is 13.9. The van der Waals surface area contributed by atoms with Crippen molar-refractivity contribution in [1.82, 2.24) is 24.8 Å². The van der Waals surface area contributed by atoms with E-state index in [1.54, 1.807) is 30.9 Å². The lowest BCUT2D eigenvalue weighted by Gasteiger charge is -2.43. The molecule has 33 heavy (non-hydrogen) atoms. The Balaban J connectivity index is 1.33. The molecule has 0 saturated carbocycles. The summed E-state index contributed by atoms with van der Waals surface area (Å²) in [6, 6.07) is 7.90. The number of nitrogens with one attached hydrogen (secondary N) is 2. The largest absolute Gasteiger partial charge is 0.365 e. The maximum atomic E-state index is 12.9. The van der Waals surface area contributed by atoms with Gasteiger partial charge < -0.3 is 20.4 Å². The summed E-state index contributed by atoms with van der Waals surface area (Å²) in [5.74, 6) is 1.08. The summed E-state index contributed by atoms with van der Waals surface area (Å²) in [6.07, 6.45) is 6.97. The first-order valence-corrected chi connectivity index (χ1v) is 11.4. The van der Waals surface area contributed by atoms with Crippen LogP contribution < -0.4 is 15.5 Å². The van der Waals surface area contributed by atoms with Gasteiger partial charge in [0.2, 0.25) is 0 Å². The Morgan fingerprint density at radius 1 is 1.06 bits per heavy atom. The number of rotatable bonds is 6. The molecule has 1 fully saturated rings. The van der Waals surface area contributed by atoms with E-state index in [9.17, 15) is 4.79 Å². The van der Waals surface area contributed by atoms with Crippen LogP contribution in [-0.4, -0.2) is 71.0 Å². The van der Waals surface area contributed by atoms with Crippen LogP contribution in [0.4, 0.5) is 16.8 Å². The Morgan fingerprint density at radius 3 is 2.64 bits per heavy atom. The molecule has 0 radical (unpaired) electrons. The van der Waals surface area contributed by atoms with Crippen LogP contribution in [0.1, 0.15) is 10.4 Å². The molecule has 0 aliphatic carbocycles. The number of carbonyl (C=O) groups is 1. The highest BCUT2D eigenvalue weighted by atomic mass is 32.1. The van der Waals surface area contributed by atoms with E-state index in [-0.39, 0.29) is 5.91 Å². The van der Waals surface area contributed by atoms with Crippen molar-refractivity contribution in [3.8, 4) is 10.6 Å². The van der Waals surface area contributed by atoms with Crippen molar-refractivity contribution in [2.75, 3.05) is 49.8 Å². The van der Waals surface area contributed by atoms with E-state index in [1.807, 2.05) is 25.2 Å². The van der Waals surface area contributed by atoms with Crippen molar-refractivity contribution in [2.45, 2.75) is 6.04 Å². The predicted molar refractivity (Wildman–Crippen MR) is 132 cm³/mol. The van der Waals surface area contributed by atoms with E-state index in [4.69, 9.17) is 0 Å². The van der Waals surface area contributed by atoms with Crippen molar-refractivity contribution < 1.29 is 4.79 Å². The van der Waals surface area contributed by atoms with Gasteiger partial charge in [0.1, 0.15) is 11.6 Å². The van der Waals surface area contributed by atoms with E-state index in [2.05, 4.69) is 54.5 Å². The molecule has 0 atom stereocenters. The first-order valence-electron chi connectivity index (χ1n) is 10.6. The number of pyridine rings is 3. The van der Waals surface area contributed by atoms with Crippen LogP contribution in [0, 0.1) is 0 Å². The molecule has 168 valence electrons. The van der Waals surface area contributed by atoms with Gasteiger partial charge in [-0.15, -0.1) is 0 Å². The van der Waals surface area contributed by atoms with Gasteiger partial charge in [0.25, 0.3) is 5.91 Å². The molecule has 1 saturated heterocycles. The highest BCUT2D eigenvalue weighted by molar-refractivity contribution is 7.18. The minimum Gasteiger partial charge on any atom is -0.365 e. The Kier molecular flexibility index (Phi) is 5.61. The molecule has 0 spiro atoms. The van der Waals surface area contributed by atoms with Crippen LogP contribution in [-0.2, 0) is 0 Å². The Bertz CT molecular complexity index is 1310. The number of hydrogen-bond donors (Lipinski definition) is 2. The molecule has 1 aliphatic rings. The quantitative estimate of drug-likeness (QED) is 0.453. The molecule has 5 rings (SSSR count). The minimum absolute atomic E-state index is 0.217. The third-order valence-corrected chi connectivity index (χ3v) is 6.78. The molecule has 0 aromatic carbocycles. The van der Waals surface area contributed by atoms with Crippen LogP contribution in [0.25, 0.3) is 21.3 Å². The number of likely N-dealkylation sites (N-methyl/N-ethyl adjacent to an activating group) is 1. The fraction of sp³-hybridized carbons (Fsp3) is 0.261. The van der Waals surface area contributed by atoms with Crippen molar-refractivity contribution >= 4 is 44.8 Å². The maximum absolute atomic E-state index is 12.9. The summed E-state index contributed by atoms with van der Waals surface area (Å²) in [6.45, 7) is 1.81. The van der Waals surface area contributed by atoms with Gasteiger partial charge in [-0.2, -0.15) is 0 Å². The molecule has 1 amide bonds. The summed E-state index contributed by atoms with van der Waals surface area (Å²) in [4.78, 5) is 35.9. The summed E-state index contributed by atoms with van der Waals surface area (Å²) >= 11 is 1.54. The van der Waals surface area contributed by atoms with Gasteiger partial charge >= 0.3 is 0 Å². The molecule has 0 bridgehead atoms. The molecule has 9 nitrogen and oxygen atoms in total. The standard InChI is InChI=1S/C23H24N8OS/c1-24-23-28-11-19(33-23)18-6-15-7-20(27-10-16(15)9-26-18)29-22(32)14-4-5-25-21(8-14)31-12-17(13-31)30(2)3/h4-11,17H,12-13H2,1-3H3,(H,24,28)(H,27,29,32). The number of anilines is 3. The second-order valence-electron chi connectivity index (χ2n) is 8.15. The average Bonchev–Trinajstić information content (AvgIpc) is 3.27. The molecule has 10 heteroatoms. The summed E-state index contributed by atoms with van der Waals surface area (Å²) in [5.41, 5.74) is 1.38. The molecule has 1 aliphatic heterocycles.